The molecule has 1 N–H and O–H groups in total. The number of anilines is 1. The third kappa shape index (κ3) is 4.82. The van der Waals surface area contributed by atoms with Gasteiger partial charge in [0.25, 0.3) is 5.91 Å². The monoisotopic (exact) mass is 411 g/mol. The first-order valence-electron chi connectivity index (χ1n) is 9.02. The molecule has 10 heteroatoms. The maximum absolute atomic E-state index is 13.4. The zero-order valence-electron chi connectivity index (χ0n) is 15.7. The fourth-order valence-corrected chi connectivity index (χ4v) is 2.99. The maximum Gasteiger partial charge on any atom is 0.418 e. The van der Waals surface area contributed by atoms with Crippen molar-refractivity contribution < 1.29 is 31.9 Å². The Balaban J connectivity index is 1.64. The first-order chi connectivity index (χ1) is 13.8. The highest BCUT2D eigenvalue weighted by atomic mass is 19.4. The summed E-state index contributed by atoms with van der Waals surface area (Å²) in [6.45, 7) is 2.78. The van der Waals surface area contributed by atoms with E-state index in [1.807, 2.05) is 0 Å². The molecule has 1 saturated heterocycles. The lowest BCUT2D eigenvalue weighted by molar-refractivity contribution is -0.137. The van der Waals surface area contributed by atoms with Crippen LogP contribution in [0.25, 0.3) is 0 Å². The van der Waals surface area contributed by atoms with Gasteiger partial charge in [-0.1, -0.05) is 0 Å². The minimum Gasteiger partial charge on any atom is -0.494 e. The van der Waals surface area contributed by atoms with Crippen LogP contribution in [-0.4, -0.2) is 54.5 Å². The maximum atomic E-state index is 13.4. The summed E-state index contributed by atoms with van der Waals surface area (Å²) in [7, 11) is 0. The summed E-state index contributed by atoms with van der Waals surface area (Å²) >= 11 is 0. The highest BCUT2D eigenvalue weighted by molar-refractivity contribution is 5.92. The van der Waals surface area contributed by atoms with Crippen LogP contribution in [0.15, 0.2) is 41.0 Å². The molecule has 0 atom stereocenters. The molecule has 1 aromatic carbocycles. The molecule has 7 nitrogen and oxygen atoms in total. The van der Waals surface area contributed by atoms with Gasteiger partial charge in [0.15, 0.2) is 5.76 Å². The molecule has 0 unspecified atom stereocenters. The molecule has 0 bridgehead atoms. The van der Waals surface area contributed by atoms with Gasteiger partial charge in [0.1, 0.15) is 5.75 Å². The van der Waals surface area contributed by atoms with Gasteiger partial charge in [0.2, 0.25) is 0 Å². The number of benzene rings is 1. The second kappa shape index (κ2) is 8.46. The van der Waals surface area contributed by atoms with Crippen molar-refractivity contribution in [3.05, 3.63) is 47.9 Å². The molecule has 0 aliphatic carbocycles. The number of hydrogen-bond acceptors (Lipinski definition) is 4. The van der Waals surface area contributed by atoms with E-state index in [4.69, 9.17) is 9.15 Å². The highest BCUT2D eigenvalue weighted by Crippen LogP contribution is 2.37. The topological polar surface area (TPSA) is 75.0 Å². The van der Waals surface area contributed by atoms with E-state index in [2.05, 4.69) is 5.32 Å². The number of halogens is 3. The number of furan rings is 1. The summed E-state index contributed by atoms with van der Waals surface area (Å²) in [6.07, 6.45) is -3.25. The van der Waals surface area contributed by atoms with E-state index < -0.39 is 17.8 Å². The Labute approximate surface area is 165 Å². The Morgan fingerprint density at radius 2 is 1.83 bits per heavy atom. The van der Waals surface area contributed by atoms with Crippen molar-refractivity contribution in [1.29, 1.82) is 0 Å². The lowest BCUT2D eigenvalue weighted by atomic mass is 10.1. The van der Waals surface area contributed by atoms with E-state index in [1.54, 1.807) is 19.1 Å². The first-order valence-corrected chi connectivity index (χ1v) is 9.02. The number of nitrogens with one attached hydrogen (secondary N) is 1. The number of alkyl halides is 3. The molecule has 156 valence electrons. The van der Waals surface area contributed by atoms with Crippen molar-refractivity contribution in [1.82, 2.24) is 9.80 Å². The average Bonchev–Trinajstić information content (AvgIpc) is 3.23. The summed E-state index contributed by atoms with van der Waals surface area (Å²) in [6, 6.07) is 5.89. The largest absolute Gasteiger partial charge is 0.494 e. The van der Waals surface area contributed by atoms with Gasteiger partial charge in [-0.3, -0.25) is 4.79 Å². The zero-order chi connectivity index (χ0) is 21.0. The molecule has 0 spiro atoms. The summed E-state index contributed by atoms with van der Waals surface area (Å²) in [4.78, 5) is 27.6. The molecule has 3 amide bonds. The van der Waals surface area contributed by atoms with Crippen molar-refractivity contribution in [2.24, 2.45) is 0 Å². The number of piperazine rings is 1. The van der Waals surface area contributed by atoms with Gasteiger partial charge in [-0.25, -0.2) is 4.79 Å². The van der Waals surface area contributed by atoms with Gasteiger partial charge in [0, 0.05) is 26.2 Å². The third-order valence-corrected chi connectivity index (χ3v) is 4.44. The number of ether oxygens (including phenoxy) is 1. The molecule has 1 aromatic heterocycles. The number of hydrogen-bond donors (Lipinski definition) is 1. The number of carbonyl (C=O) groups excluding carboxylic acids is 2. The van der Waals surface area contributed by atoms with E-state index in [1.165, 1.54) is 28.2 Å². The standard InChI is InChI=1S/C19H20F3N3O4/c1-2-28-13-5-6-15(14(12-13)19(20,21)22)23-18(27)25-9-7-24(8-10-25)17(26)16-4-3-11-29-16/h3-6,11-12H,2,7-10H2,1H3,(H,23,27). The molecule has 1 aliphatic rings. The zero-order valence-corrected chi connectivity index (χ0v) is 15.7. The lowest BCUT2D eigenvalue weighted by Crippen LogP contribution is -2.51. The Kier molecular flexibility index (Phi) is 6.00. The summed E-state index contributed by atoms with van der Waals surface area (Å²) in [5.41, 5.74) is -1.33. The molecule has 2 heterocycles. The smallest absolute Gasteiger partial charge is 0.418 e. The molecule has 1 aliphatic heterocycles. The number of urea groups is 1. The van der Waals surface area contributed by atoms with Crippen LogP contribution in [0.2, 0.25) is 0 Å². The van der Waals surface area contributed by atoms with Crippen molar-refractivity contribution in [3.63, 3.8) is 0 Å². The van der Waals surface area contributed by atoms with Gasteiger partial charge < -0.3 is 24.3 Å². The Morgan fingerprint density at radius 1 is 1.14 bits per heavy atom. The van der Waals surface area contributed by atoms with E-state index >= 15 is 0 Å². The van der Waals surface area contributed by atoms with Crippen molar-refractivity contribution in [2.45, 2.75) is 13.1 Å². The third-order valence-electron chi connectivity index (χ3n) is 4.44. The normalized spacial score (nSPS) is 14.6. The van der Waals surface area contributed by atoms with Gasteiger partial charge >= 0.3 is 12.2 Å². The molecular weight excluding hydrogens is 391 g/mol. The van der Waals surface area contributed by atoms with Crippen molar-refractivity contribution in [3.8, 4) is 5.75 Å². The Morgan fingerprint density at radius 3 is 2.41 bits per heavy atom. The number of rotatable bonds is 4. The van der Waals surface area contributed by atoms with E-state index in [9.17, 15) is 22.8 Å². The predicted molar refractivity (Wildman–Crippen MR) is 97.8 cm³/mol. The van der Waals surface area contributed by atoms with Crippen LogP contribution in [0.4, 0.5) is 23.7 Å². The van der Waals surface area contributed by atoms with Crippen molar-refractivity contribution >= 4 is 17.6 Å². The lowest BCUT2D eigenvalue weighted by Gasteiger charge is -2.34. The van der Waals surface area contributed by atoms with Crippen LogP contribution >= 0.6 is 0 Å². The van der Waals surface area contributed by atoms with Crippen molar-refractivity contribution in [2.75, 3.05) is 38.1 Å². The highest BCUT2D eigenvalue weighted by Gasteiger charge is 2.35. The molecule has 0 saturated carbocycles. The van der Waals surface area contributed by atoms with Gasteiger partial charge in [-0.2, -0.15) is 13.2 Å². The van der Waals surface area contributed by atoms with Crippen LogP contribution < -0.4 is 10.1 Å². The van der Waals surface area contributed by atoms with E-state index in [0.717, 1.165) is 6.07 Å². The molecule has 29 heavy (non-hydrogen) atoms. The second-order valence-corrected chi connectivity index (χ2v) is 6.32. The fourth-order valence-electron chi connectivity index (χ4n) is 2.99. The average molecular weight is 411 g/mol. The Bertz CT molecular complexity index is 860. The van der Waals surface area contributed by atoms with Gasteiger partial charge in [-0.05, 0) is 37.3 Å². The van der Waals surface area contributed by atoms with Crippen LogP contribution in [0, 0.1) is 0 Å². The number of nitrogens with zero attached hydrogens (tertiary/aromatic N) is 2. The molecular formula is C19H20F3N3O4. The molecule has 3 rings (SSSR count). The number of amides is 3. The molecule has 1 fully saturated rings. The van der Waals surface area contributed by atoms with Gasteiger partial charge in [0.05, 0.1) is 24.1 Å². The SMILES string of the molecule is CCOc1ccc(NC(=O)N2CCN(C(=O)c3ccco3)CC2)c(C(F)(F)F)c1. The van der Waals surface area contributed by atoms with Crippen LogP contribution in [0.5, 0.6) is 5.75 Å². The summed E-state index contributed by atoms with van der Waals surface area (Å²) in [5.74, 6) is -0.0177. The summed E-state index contributed by atoms with van der Waals surface area (Å²) < 4.78 is 50.3. The van der Waals surface area contributed by atoms with E-state index in [-0.39, 0.29) is 55.9 Å². The predicted octanol–water partition coefficient (Wildman–Crippen LogP) is 3.69. The number of carbonyl (C=O) groups is 2. The minimum atomic E-state index is -4.65. The van der Waals surface area contributed by atoms with Crippen LogP contribution in [0.3, 0.4) is 0 Å². The van der Waals surface area contributed by atoms with E-state index in [0.29, 0.717) is 0 Å². The first kappa shape index (κ1) is 20.6. The fraction of sp³-hybridized carbons (Fsp3) is 0.368. The quantitative estimate of drug-likeness (QED) is 0.833. The minimum absolute atomic E-state index is 0.0721. The van der Waals surface area contributed by atoms with Gasteiger partial charge in [-0.15, -0.1) is 0 Å². The molecule has 2 aromatic rings. The second-order valence-electron chi connectivity index (χ2n) is 6.32. The summed E-state index contributed by atoms with van der Waals surface area (Å²) in [5, 5.41) is 2.32. The molecule has 0 radical (unpaired) electrons. The Hall–Kier alpha value is -3.17. The van der Waals surface area contributed by atoms with Crippen LogP contribution in [0.1, 0.15) is 23.0 Å². The van der Waals surface area contributed by atoms with Crippen LogP contribution in [-0.2, 0) is 6.18 Å².